The van der Waals surface area contributed by atoms with Crippen LogP contribution in [0.1, 0.15) is 17.5 Å². The van der Waals surface area contributed by atoms with Gasteiger partial charge in [-0.2, -0.15) is 0 Å². The molecule has 4 nitrogen and oxygen atoms in total. The van der Waals surface area contributed by atoms with Crippen LogP contribution in [-0.4, -0.2) is 41.1 Å². The summed E-state index contributed by atoms with van der Waals surface area (Å²) in [6.07, 6.45) is 2.16. The van der Waals surface area contributed by atoms with Gasteiger partial charge in [-0.15, -0.1) is 0 Å². The van der Waals surface area contributed by atoms with Crippen molar-refractivity contribution in [1.82, 2.24) is 0 Å². The number of carbonyl (C=O) groups excluding carboxylic acids is 2. The van der Waals surface area contributed by atoms with Crippen molar-refractivity contribution in [3.63, 3.8) is 0 Å². The van der Waals surface area contributed by atoms with E-state index in [1.807, 2.05) is 49.4 Å². The summed E-state index contributed by atoms with van der Waals surface area (Å²) in [5, 5.41) is 0.895. The predicted octanol–water partition coefficient (Wildman–Crippen LogP) is 3.18. The number of esters is 2. The SMILES string of the molecule is COC(=O)C1(C(=O)OC)C=C(c2ccc(C)cc2)C(C[Se]c2ccccc2)C1. The Bertz CT molecular complexity index is 855. The van der Waals surface area contributed by atoms with Crippen molar-refractivity contribution in [2.24, 2.45) is 11.3 Å². The molecule has 28 heavy (non-hydrogen) atoms. The molecule has 0 amide bonds. The molecule has 3 rings (SSSR count). The van der Waals surface area contributed by atoms with E-state index in [1.165, 1.54) is 24.2 Å². The van der Waals surface area contributed by atoms with Crippen LogP contribution in [0.15, 0.2) is 60.7 Å². The van der Waals surface area contributed by atoms with E-state index in [1.54, 1.807) is 6.08 Å². The molecule has 1 aliphatic rings. The monoisotopic (exact) mass is 444 g/mol. The Kier molecular flexibility index (Phi) is 6.38. The second-order valence-corrected chi connectivity index (χ2v) is 9.24. The van der Waals surface area contributed by atoms with E-state index in [0.717, 1.165) is 16.5 Å². The summed E-state index contributed by atoms with van der Waals surface area (Å²) in [7, 11) is 2.63. The van der Waals surface area contributed by atoms with E-state index in [-0.39, 0.29) is 20.9 Å². The third-order valence-corrected chi connectivity index (χ3v) is 7.55. The van der Waals surface area contributed by atoms with Gasteiger partial charge in [0, 0.05) is 0 Å². The molecule has 1 atom stereocenters. The molecule has 0 fully saturated rings. The van der Waals surface area contributed by atoms with Crippen LogP contribution < -0.4 is 4.46 Å². The van der Waals surface area contributed by atoms with E-state index >= 15 is 0 Å². The topological polar surface area (TPSA) is 52.6 Å². The van der Waals surface area contributed by atoms with Crippen molar-refractivity contribution < 1.29 is 19.1 Å². The Morgan fingerprint density at radius 2 is 1.61 bits per heavy atom. The fourth-order valence-corrected chi connectivity index (χ4v) is 5.78. The fraction of sp³-hybridized carbons (Fsp3) is 0.304. The van der Waals surface area contributed by atoms with Crippen LogP contribution >= 0.6 is 0 Å². The van der Waals surface area contributed by atoms with Crippen LogP contribution in [-0.2, 0) is 19.1 Å². The van der Waals surface area contributed by atoms with E-state index in [2.05, 4.69) is 12.1 Å². The molecular formula is C23H24O4Se. The first-order valence-electron chi connectivity index (χ1n) is 9.14. The van der Waals surface area contributed by atoms with Gasteiger partial charge in [-0.25, -0.2) is 0 Å². The van der Waals surface area contributed by atoms with Crippen LogP contribution in [0.2, 0.25) is 5.32 Å². The van der Waals surface area contributed by atoms with Crippen molar-refractivity contribution in [2.75, 3.05) is 14.2 Å². The second-order valence-electron chi connectivity index (χ2n) is 6.95. The first-order valence-corrected chi connectivity index (χ1v) is 11.2. The average Bonchev–Trinajstić information content (AvgIpc) is 3.13. The molecule has 5 heteroatoms. The first kappa shape index (κ1) is 20.4. The second kappa shape index (κ2) is 8.76. The number of hydrogen-bond acceptors (Lipinski definition) is 4. The van der Waals surface area contributed by atoms with Gasteiger partial charge in [-0.1, -0.05) is 0 Å². The molecule has 0 saturated carbocycles. The number of allylic oxidation sites excluding steroid dienone is 1. The molecule has 146 valence electrons. The van der Waals surface area contributed by atoms with Crippen LogP contribution in [0.25, 0.3) is 5.57 Å². The molecule has 0 saturated heterocycles. The quantitative estimate of drug-likeness (QED) is 0.391. The Hall–Kier alpha value is -2.36. The molecule has 0 radical (unpaired) electrons. The Labute approximate surface area is 172 Å². The van der Waals surface area contributed by atoms with Gasteiger partial charge in [0.1, 0.15) is 0 Å². The summed E-state index contributed by atoms with van der Waals surface area (Å²) in [6, 6.07) is 18.5. The Morgan fingerprint density at radius 1 is 1.00 bits per heavy atom. The molecule has 0 N–H and O–H groups in total. The zero-order chi connectivity index (χ0) is 20.1. The Morgan fingerprint density at radius 3 is 2.18 bits per heavy atom. The molecule has 2 aromatic rings. The van der Waals surface area contributed by atoms with Crippen LogP contribution in [0.4, 0.5) is 0 Å². The van der Waals surface area contributed by atoms with Crippen molar-refractivity contribution in [2.45, 2.75) is 18.7 Å². The average molecular weight is 443 g/mol. The molecule has 2 aromatic carbocycles. The zero-order valence-corrected chi connectivity index (χ0v) is 18.0. The molecule has 0 spiro atoms. The van der Waals surface area contributed by atoms with Gasteiger partial charge in [0.2, 0.25) is 0 Å². The number of rotatable bonds is 6. The van der Waals surface area contributed by atoms with E-state index in [4.69, 9.17) is 9.47 Å². The standard InChI is InChI=1S/C23H24O4Se/c1-16-9-11-17(12-10-16)20-14-23(21(24)26-2,22(25)27-3)13-18(20)15-28-19-7-5-4-6-8-19/h4-12,14,18H,13,15H2,1-3H3. The number of carbonyl (C=O) groups is 2. The maximum atomic E-state index is 12.6. The van der Waals surface area contributed by atoms with Crippen molar-refractivity contribution >= 4 is 36.9 Å². The van der Waals surface area contributed by atoms with Crippen LogP contribution in [0, 0.1) is 18.3 Å². The van der Waals surface area contributed by atoms with Crippen molar-refractivity contribution in [3.8, 4) is 0 Å². The minimum atomic E-state index is -1.37. The maximum absolute atomic E-state index is 12.6. The van der Waals surface area contributed by atoms with Gasteiger partial charge in [-0.05, 0) is 0 Å². The summed E-state index contributed by atoms with van der Waals surface area (Å²) in [5.74, 6) is -1.03. The van der Waals surface area contributed by atoms with Gasteiger partial charge in [0.15, 0.2) is 0 Å². The Balaban J connectivity index is 1.97. The molecule has 0 bridgehead atoms. The normalized spacial score (nSPS) is 17.7. The number of aryl methyl sites for hydroxylation is 1. The minimum absolute atomic E-state index is 0.0844. The molecule has 0 aromatic heterocycles. The summed E-state index contributed by atoms with van der Waals surface area (Å²) >= 11 is 0.234. The number of methoxy groups -OCH3 is 2. The van der Waals surface area contributed by atoms with Crippen molar-refractivity contribution in [3.05, 3.63) is 71.8 Å². The molecule has 0 aliphatic heterocycles. The van der Waals surface area contributed by atoms with Gasteiger partial charge >= 0.3 is 172 Å². The van der Waals surface area contributed by atoms with Gasteiger partial charge in [-0.3, -0.25) is 0 Å². The van der Waals surface area contributed by atoms with Crippen molar-refractivity contribution in [1.29, 1.82) is 0 Å². The summed E-state index contributed by atoms with van der Waals surface area (Å²) in [4.78, 5) is 25.2. The summed E-state index contributed by atoms with van der Waals surface area (Å²) in [5.41, 5.74) is 1.85. The number of ether oxygens (including phenoxy) is 2. The molecule has 1 aliphatic carbocycles. The van der Waals surface area contributed by atoms with Gasteiger partial charge in [0.25, 0.3) is 0 Å². The third-order valence-electron chi connectivity index (χ3n) is 5.09. The van der Waals surface area contributed by atoms with Gasteiger partial charge in [0.05, 0.1) is 0 Å². The molecule has 1 unspecified atom stereocenters. The van der Waals surface area contributed by atoms with E-state index in [0.29, 0.717) is 6.42 Å². The fourth-order valence-electron chi connectivity index (χ4n) is 3.60. The van der Waals surface area contributed by atoms with Crippen LogP contribution in [0.3, 0.4) is 0 Å². The predicted molar refractivity (Wildman–Crippen MR) is 110 cm³/mol. The first-order chi connectivity index (χ1) is 13.5. The molecule has 0 heterocycles. The van der Waals surface area contributed by atoms with E-state index in [9.17, 15) is 9.59 Å². The zero-order valence-electron chi connectivity index (χ0n) is 16.3. The van der Waals surface area contributed by atoms with Gasteiger partial charge < -0.3 is 0 Å². The number of hydrogen-bond donors (Lipinski definition) is 0. The summed E-state index contributed by atoms with van der Waals surface area (Å²) < 4.78 is 11.3. The molecular weight excluding hydrogens is 419 g/mol. The number of benzene rings is 2. The summed E-state index contributed by atoms with van der Waals surface area (Å²) in [6.45, 7) is 2.04. The third kappa shape index (κ3) is 4.06. The van der Waals surface area contributed by atoms with E-state index < -0.39 is 17.4 Å². The van der Waals surface area contributed by atoms with Crippen LogP contribution in [0.5, 0.6) is 0 Å².